The Kier molecular flexibility index (Phi) is 3.21. The molecule has 1 aliphatic heterocycles. The summed E-state index contributed by atoms with van der Waals surface area (Å²) in [5.41, 5.74) is 1.09. The van der Waals surface area contributed by atoms with Crippen molar-refractivity contribution in [1.82, 2.24) is 9.78 Å². The second kappa shape index (κ2) is 5.01. The van der Waals surface area contributed by atoms with Gasteiger partial charge in [0.05, 0.1) is 5.69 Å². The SMILES string of the molecule is Oc1ccc(-c2ccnn2C2CCCCO2)c(F)c1. The van der Waals surface area contributed by atoms with Crippen molar-refractivity contribution in [3.63, 3.8) is 0 Å². The fourth-order valence-electron chi connectivity index (χ4n) is 2.39. The van der Waals surface area contributed by atoms with Crippen LogP contribution in [0.2, 0.25) is 0 Å². The number of rotatable bonds is 2. The highest BCUT2D eigenvalue weighted by Gasteiger charge is 2.20. The van der Waals surface area contributed by atoms with E-state index in [0.717, 1.165) is 25.3 Å². The predicted molar refractivity (Wildman–Crippen MR) is 68.1 cm³/mol. The van der Waals surface area contributed by atoms with Crippen molar-refractivity contribution >= 4 is 0 Å². The van der Waals surface area contributed by atoms with Crippen LogP contribution in [-0.2, 0) is 4.74 Å². The second-order valence-corrected chi connectivity index (χ2v) is 4.65. The Morgan fingerprint density at radius 2 is 2.21 bits per heavy atom. The van der Waals surface area contributed by atoms with E-state index in [-0.39, 0.29) is 12.0 Å². The first-order valence-electron chi connectivity index (χ1n) is 6.40. The number of hydrogen-bond acceptors (Lipinski definition) is 3. The molecule has 1 aromatic heterocycles. The Bertz CT molecular complexity index is 577. The highest BCUT2D eigenvalue weighted by molar-refractivity contribution is 5.61. The van der Waals surface area contributed by atoms with E-state index in [1.807, 2.05) is 0 Å². The third-order valence-electron chi connectivity index (χ3n) is 3.33. The first kappa shape index (κ1) is 12.2. The number of phenols is 1. The molecule has 19 heavy (non-hydrogen) atoms. The van der Waals surface area contributed by atoms with Crippen LogP contribution in [0, 0.1) is 5.82 Å². The Balaban J connectivity index is 1.99. The number of ether oxygens (including phenoxy) is 1. The normalized spacial score (nSPS) is 19.5. The largest absolute Gasteiger partial charge is 0.508 e. The van der Waals surface area contributed by atoms with Crippen molar-refractivity contribution in [2.75, 3.05) is 6.61 Å². The third kappa shape index (κ3) is 2.33. The van der Waals surface area contributed by atoms with Gasteiger partial charge in [0.2, 0.25) is 0 Å². The lowest BCUT2D eigenvalue weighted by Gasteiger charge is -2.24. The van der Waals surface area contributed by atoms with Gasteiger partial charge in [-0.3, -0.25) is 0 Å². The second-order valence-electron chi connectivity index (χ2n) is 4.65. The minimum atomic E-state index is -0.461. The molecule has 0 saturated carbocycles. The van der Waals surface area contributed by atoms with Gasteiger partial charge in [-0.25, -0.2) is 9.07 Å². The summed E-state index contributed by atoms with van der Waals surface area (Å²) in [4.78, 5) is 0. The molecule has 1 N–H and O–H groups in total. The molecule has 0 amide bonds. The number of halogens is 1. The van der Waals surface area contributed by atoms with E-state index >= 15 is 0 Å². The summed E-state index contributed by atoms with van der Waals surface area (Å²) in [6.07, 6.45) is 4.53. The molecule has 1 aliphatic rings. The Morgan fingerprint density at radius 1 is 1.32 bits per heavy atom. The Labute approximate surface area is 110 Å². The first-order chi connectivity index (χ1) is 9.25. The van der Waals surface area contributed by atoms with Crippen LogP contribution in [0.3, 0.4) is 0 Å². The van der Waals surface area contributed by atoms with Crippen LogP contribution in [0.5, 0.6) is 5.75 Å². The zero-order chi connectivity index (χ0) is 13.2. The van der Waals surface area contributed by atoms with Crippen LogP contribution in [0.1, 0.15) is 25.5 Å². The molecule has 3 rings (SSSR count). The first-order valence-corrected chi connectivity index (χ1v) is 6.40. The van der Waals surface area contributed by atoms with Crippen LogP contribution in [0.4, 0.5) is 4.39 Å². The lowest BCUT2D eigenvalue weighted by molar-refractivity contribution is -0.0383. The number of benzene rings is 1. The van der Waals surface area contributed by atoms with Crippen LogP contribution in [0.25, 0.3) is 11.3 Å². The van der Waals surface area contributed by atoms with Crippen LogP contribution >= 0.6 is 0 Å². The van der Waals surface area contributed by atoms with Crippen molar-refractivity contribution in [3.8, 4) is 17.0 Å². The van der Waals surface area contributed by atoms with Crippen LogP contribution in [-0.4, -0.2) is 21.5 Å². The Morgan fingerprint density at radius 3 is 2.95 bits per heavy atom. The third-order valence-corrected chi connectivity index (χ3v) is 3.33. The molecule has 0 spiro atoms. The van der Waals surface area contributed by atoms with Gasteiger partial charge in [-0.1, -0.05) is 0 Å². The predicted octanol–water partition coefficient (Wildman–Crippen LogP) is 3.09. The van der Waals surface area contributed by atoms with Crippen molar-refractivity contribution in [3.05, 3.63) is 36.3 Å². The molecule has 0 radical (unpaired) electrons. The summed E-state index contributed by atoms with van der Waals surface area (Å²) in [6, 6.07) is 5.89. The summed E-state index contributed by atoms with van der Waals surface area (Å²) >= 11 is 0. The van der Waals surface area contributed by atoms with E-state index in [2.05, 4.69) is 5.10 Å². The lowest BCUT2D eigenvalue weighted by Crippen LogP contribution is -2.20. The van der Waals surface area contributed by atoms with Gasteiger partial charge in [0, 0.05) is 24.4 Å². The molecule has 1 saturated heterocycles. The maximum atomic E-state index is 13.9. The van der Waals surface area contributed by atoms with Gasteiger partial charge in [0.1, 0.15) is 11.6 Å². The zero-order valence-electron chi connectivity index (χ0n) is 10.4. The topological polar surface area (TPSA) is 47.3 Å². The average Bonchev–Trinajstić information content (AvgIpc) is 2.89. The summed E-state index contributed by atoms with van der Waals surface area (Å²) < 4.78 is 21.3. The van der Waals surface area contributed by atoms with Crippen molar-refractivity contribution in [1.29, 1.82) is 0 Å². The quantitative estimate of drug-likeness (QED) is 0.904. The summed E-state index contributed by atoms with van der Waals surface area (Å²) in [5, 5.41) is 13.5. The van der Waals surface area contributed by atoms with E-state index in [1.54, 1.807) is 23.0 Å². The van der Waals surface area contributed by atoms with Gasteiger partial charge >= 0.3 is 0 Å². The zero-order valence-corrected chi connectivity index (χ0v) is 10.4. The molecule has 1 aromatic carbocycles. The van der Waals surface area contributed by atoms with Gasteiger partial charge in [0.15, 0.2) is 6.23 Å². The van der Waals surface area contributed by atoms with E-state index in [9.17, 15) is 9.50 Å². The molecule has 1 atom stereocenters. The van der Waals surface area contributed by atoms with Gasteiger partial charge < -0.3 is 9.84 Å². The van der Waals surface area contributed by atoms with Crippen LogP contribution in [0.15, 0.2) is 30.5 Å². The fourth-order valence-corrected chi connectivity index (χ4v) is 2.39. The van der Waals surface area contributed by atoms with Gasteiger partial charge in [-0.15, -0.1) is 0 Å². The van der Waals surface area contributed by atoms with E-state index < -0.39 is 5.82 Å². The summed E-state index contributed by atoms with van der Waals surface area (Å²) in [5.74, 6) is -0.543. The smallest absolute Gasteiger partial charge is 0.150 e. The van der Waals surface area contributed by atoms with E-state index in [4.69, 9.17) is 4.74 Å². The molecule has 2 heterocycles. The van der Waals surface area contributed by atoms with Crippen molar-refractivity contribution in [2.24, 2.45) is 0 Å². The molecule has 0 aliphatic carbocycles. The molecular formula is C14H15FN2O2. The molecule has 100 valence electrons. The maximum absolute atomic E-state index is 13.9. The molecule has 1 unspecified atom stereocenters. The summed E-state index contributed by atoms with van der Waals surface area (Å²) in [6.45, 7) is 0.710. The molecule has 4 nitrogen and oxygen atoms in total. The monoisotopic (exact) mass is 262 g/mol. The lowest BCUT2D eigenvalue weighted by atomic mass is 10.1. The highest BCUT2D eigenvalue weighted by Crippen LogP contribution is 2.30. The van der Waals surface area contributed by atoms with Gasteiger partial charge in [-0.05, 0) is 37.5 Å². The summed E-state index contributed by atoms with van der Waals surface area (Å²) in [7, 11) is 0. The molecule has 2 aromatic rings. The minimum absolute atomic E-state index is 0.0822. The average molecular weight is 262 g/mol. The molecule has 5 heteroatoms. The number of hydrogen-bond donors (Lipinski definition) is 1. The molecular weight excluding hydrogens is 247 g/mol. The number of phenolic OH excluding ortho intramolecular Hbond substituents is 1. The fraction of sp³-hybridized carbons (Fsp3) is 0.357. The highest BCUT2D eigenvalue weighted by atomic mass is 19.1. The number of nitrogens with zero attached hydrogens (tertiary/aromatic N) is 2. The maximum Gasteiger partial charge on any atom is 0.150 e. The number of aromatic nitrogens is 2. The van der Waals surface area contributed by atoms with Gasteiger partial charge in [0.25, 0.3) is 0 Å². The van der Waals surface area contributed by atoms with Crippen LogP contribution < -0.4 is 0 Å². The number of aromatic hydroxyl groups is 1. The van der Waals surface area contributed by atoms with E-state index in [1.165, 1.54) is 6.07 Å². The Hall–Kier alpha value is -1.88. The van der Waals surface area contributed by atoms with Crippen molar-refractivity contribution < 1.29 is 14.2 Å². The molecule has 1 fully saturated rings. The van der Waals surface area contributed by atoms with Crippen molar-refractivity contribution in [2.45, 2.75) is 25.5 Å². The minimum Gasteiger partial charge on any atom is -0.508 e. The molecule has 0 bridgehead atoms. The standard InChI is InChI=1S/C14H15FN2O2/c15-12-9-10(18)4-5-11(12)13-6-7-16-17(13)14-3-1-2-8-19-14/h4-7,9,14,18H,1-3,8H2. The van der Waals surface area contributed by atoms with Gasteiger partial charge in [-0.2, -0.15) is 5.10 Å². The van der Waals surface area contributed by atoms with E-state index in [0.29, 0.717) is 17.9 Å².